The van der Waals surface area contributed by atoms with Crippen molar-refractivity contribution in [2.75, 3.05) is 0 Å². The second kappa shape index (κ2) is 6.61. The molecule has 3 N–H and O–H groups in total. The first-order valence-electron chi connectivity index (χ1n) is 6.98. The minimum absolute atomic E-state index is 0.0615. The SMILES string of the molecule is O=C(NNC(=O)c1ccccc1O)c1ccc(-n2ccnc2)nc1. The number of benzene rings is 1. The Bertz CT molecular complexity index is 860. The van der Waals surface area contributed by atoms with Crippen LogP contribution in [0.2, 0.25) is 0 Å². The number of rotatable bonds is 3. The molecule has 0 saturated carbocycles. The van der Waals surface area contributed by atoms with Crippen LogP contribution in [-0.2, 0) is 0 Å². The topological polar surface area (TPSA) is 109 Å². The van der Waals surface area contributed by atoms with Gasteiger partial charge in [0, 0.05) is 18.6 Å². The summed E-state index contributed by atoms with van der Waals surface area (Å²) in [5, 5.41) is 9.59. The van der Waals surface area contributed by atoms with Crippen molar-refractivity contribution in [1.82, 2.24) is 25.4 Å². The average Bonchev–Trinajstić information content (AvgIpc) is 3.14. The van der Waals surface area contributed by atoms with E-state index < -0.39 is 11.8 Å². The molecule has 120 valence electrons. The number of aromatic nitrogens is 3. The van der Waals surface area contributed by atoms with Crippen LogP contribution >= 0.6 is 0 Å². The summed E-state index contributed by atoms with van der Waals surface area (Å²) in [7, 11) is 0. The highest BCUT2D eigenvalue weighted by Crippen LogP contribution is 2.14. The van der Waals surface area contributed by atoms with E-state index in [9.17, 15) is 14.7 Å². The second-order valence-electron chi connectivity index (χ2n) is 4.80. The molecule has 2 aromatic heterocycles. The fourth-order valence-corrected chi connectivity index (χ4v) is 1.99. The number of nitrogens with zero attached hydrogens (tertiary/aromatic N) is 3. The first-order chi connectivity index (χ1) is 11.6. The Hall–Kier alpha value is -3.68. The molecule has 1 aromatic carbocycles. The first kappa shape index (κ1) is 15.2. The third-order valence-electron chi connectivity index (χ3n) is 3.22. The van der Waals surface area contributed by atoms with Gasteiger partial charge in [0.05, 0.1) is 11.1 Å². The maximum absolute atomic E-state index is 12.0. The lowest BCUT2D eigenvalue weighted by Gasteiger charge is -2.08. The van der Waals surface area contributed by atoms with Gasteiger partial charge in [0.25, 0.3) is 11.8 Å². The maximum Gasteiger partial charge on any atom is 0.273 e. The Balaban J connectivity index is 1.63. The van der Waals surface area contributed by atoms with Crippen molar-refractivity contribution >= 4 is 11.8 Å². The predicted octanol–water partition coefficient (Wildman–Crippen LogP) is 1.05. The lowest BCUT2D eigenvalue weighted by Crippen LogP contribution is -2.41. The van der Waals surface area contributed by atoms with Gasteiger partial charge in [-0.25, -0.2) is 9.97 Å². The van der Waals surface area contributed by atoms with E-state index in [4.69, 9.17) is 0 Å². The predicted molar refractivity (Wildman–Crippen MR) is 84.4 cm³/mol. The van der Waals surface area contributed by atoms with Gasteiger partial charge in [0.1, 0.15) is 17.9 Å². The highest BCUT2D eigenvalue weighted by Gasteiger charge is 2.12. The van der Waals surface area contributed by atoms with Crippen LogP contribution in [0.15, 0.2) is 61.3 Å². The highest BCUT2D eigenvalue weighted by molar-refractivity contribution is 6.00. The summed E-state index contributed by atoms with van der Waals surface area (Å²) in [6.45, 7) is 0. The summed E-state index contributed by atoms with van der Waals surface area (Å²) in [5.74, 6) is -0.703. The molecule has 0 aliphatic carbocycles. The number of carbonyl (C=O) groups is 2. The van der Waals surface area contributed by atoms with Gasteiger partial charge in [-0.15, -0.1) is 0 Å². The Morgan fingerprint density at radius 3 is 2.50 bits per heavy atom. The number of nitrogens with one attached hydrogen (secondary N) is 2. The molecule has 0 spiro atoms. The number of hydrogen-bond acceptors (Lipinski definition) is 5. The molecule has 0 aliphatic rings. The van der Waals surface area contributed by atoms with E-state index in [0.717, 1.165) is 0 Å². The van der Waals surface area contributed by atoms with Crippen LogP contribution in [0.1, 0.15) is 20.7 Å². The molecule has 0 saturated heterocycles. The molecule has 0 atom stereocenters. The molecule has 0 aliphatic heterocycles. The number of para-hydroxylation sites is 1. The van der Waals surface area contributed by atoms with Gasteiger partial charge in [-0.1, -0.05) is 12.1 Å². The largest absolute Gasteiger partial charge is 0.507 e. The van der Waals surface area contributed by atoms with E-state index in [1.165, 1.54) is 18.3 Å². The van der Waals surface area contributed by atoms with E-state index in [1.807, 2.05) is 0 Å². The van der Waals surface area contributed by atoms with E-state index >= 15 is 0 Å². The van der Waals surface area contributed by atoms with Gasteiger partial charge in [-0.05, 0) is 24.3 Å². The summed E-state index contributed by atoms with van der Waals surface area (Å²) >= 11 is 0. The monoisotopic (exact) mass is 323 g/mol. The van der Waals surface area contributed by atoms with Gasteiger partial charge < -0.3 is 5.11 Å². The second-order valence-corrected chi connectivity index (χ2v) is 4.80. The van der Waals surface area contributed by atoms with Crippen LogP contribution in [0.4, 0.5) is 0 Å². The zero-order valence-corrected chi connectivity index (χ0v) is 12.4. The third kappa shape index (κ3) is 3.22. The Kier molecular flexibility index (Phi) is 4.19. The fraction of sp³-hybridized carbons (Fsp3) is 0. The molecule has 0 radical (unpaired) electrons. The number of aromatic hydroxyl groups is 1. The molecule has 2 amide bonds. The Morgan fingerprint density at radius 2 is 1.83 bits per heavy atom. The number of amides is 2. The number of imidazole rings is 1. The van der Waals surface area contributed by atoms with Crippen LogP contribution in [0.5, 0.6) is 5.75 Å². The van der Waals surface area contributed by atoms with E-state index in [1.54, 1.807) is 47.6 Å². The molecule has 3 aromatic rings. The van der Waals surface area contributed by atoms with Crippen molar-refractivity contribution in [3.05, 3.63) is 72.4 Å². The molecular weight excluding hydrogens is 310 g/mol. The third-order valence-corrected chi connectivity index (χ3v) is 3.22. The smallest absolute Gasteiger partial charge is 0.273 e. The molecule has 0 bridgehead atoms. The maximum atomic E-state index is 12.0. The first-order valence-corrected chi connectivity index (χ1v) is 6.98. The van der Waals surface area contributed by atoms with Crippen LogP contribution in [0, 0.1) is 0 Å². The van der Waals surface area contributed by atoms with Crippen molar-refractivity contribution < 1.29 is 14.7 Å². The number of phenols is 1. The van der Waals surface area contributed by atoms with E-state index in [0.29, 0.717) is 5.82 Å². The zero-order valence-electron chi connectivity index (χ0n) is 12.4. The highest BCUT2D eigenvalue weighted by atomic mass is 16.3. The molecule has 3 rings (SSSR count). The summed E-state index contributed by atoms with van der Waals surface area (Å²) in [4.78, 5) is 32.0. The molecule has 8 heteroatoms. The molecule has 24 heavy (non-hydrogen) atoms. The summed E-state index contributed by atoms with van der Waals surface area (Å²) in [5.41, 5.74) is 4.84. The van der Waals surface area contributed by atoms with Crippen molar-refractivity contribution in [1.29, 1.82) is 0 Å². The molecular formula is C16H13N5O3. The minimum atomic E-state index is -0.621. The van der Waals surface area contributed by atoms with Crippen LogP contribution in [-0.4, -0.2) is 31.5 Å². The van der Waals surface area contributed by atoms with Gasteiger partial charge in [-0.2, -0.15) is 0 Å². The zero-order chi connectivity index (χ0) is 16.9. The summed E-state index contributed by atoms with van der Waals surface area (Å²) < 4.78 is 1.70. The summed E-state index contributed by atoms with van der Waals surface area (Å²) in [6, 6.07) is 9.26. The van der Waals surface area contributed by atoms with E-state index in [-0.39, 0.29) is 16.9 Å². The molecule has 2 heterocycles. The van der Waals surface area contributed by atoms with Crippen molar-refractivity contribution in [2.45, 2.75) is 0 Å². The molecule has 8 nitrogen and oxygen atoms in total. The van der Waals surface area contributed by atoms with Gasteiger partial charge in [-0.3, -0.25) is 25.0 Å². The minimum Gasteiger partial charge on any atom is -0.507 e. The number of hydrogen-bond donors (Lipinski definition) is 3. The summed E-state index contributed by atoms with van der Waals surface area (Å²) in [6.07, 6.45) is 6.33. The lowest BCUT2D eigenvalue weighted by molar-refractivity contribution is 0.0845. The van der Waals surface area contributed by atoms with Crippen LogP contribution < -0.4 is 10.9 Å². The van der Waals surface area contributed by atoms with Crippen molar-refractivity contribution in [3.8, 4) is 11.6 Å². The van der Waals surface area contributed by atoms with Crippen molar-refractivity contribution in [3.63, 3.8) is 0 Å². The van der Waals surface area contributed by atoms with E-state index in [2.05, 4.69) is 20.8 Å². The number of hydrazine groups is 1. The number of pyridine rings is 1. The molecule has 0 unspecified atom stereocenters. The Morgan fingerprint density at radius 1 is 1.04 bits per heavy atom. The quantitative estimate of drug-likeness (QED) is 0.624. The van der Waals surface area contributed by atoms with Gasteiger partial charge in [0.2, 0.25) is 0 Å². The van der Waals surface area contributed by atoms with Gasteiger partial charge >= 0.3 is 0 Å². The van der Waals surface area contributed by atoms with Crippen LogP contribution in [0.25, 0.3) is 5.82 Å². The normalized spacial score (nSPS) is 10.2. The number of carbonyl (C=O) groups excluding carboxylic acids is 2. The van der Waals surface area contributed by atoms with Gasteiger partial charge in [0.15, 0.2) is 0 Å². The Labute approximate surface area is 136 Å². The van der Waals surface area contributed by atoms with Crippen LogP contribution in [0.3, 0.4) is 0 Å². The van der Waals surface area contributed by atoms with Crippen molar-refractivity contribution in [2.24, 2.45) is 0 Å². The molecule has 0 fully saturated rings. The standard InChI is InChI=1S/C16H13N5O3/c22-13-4-2-1-3-12(13)16(24)20-19-15(23)11-5-6-14(18-9-11)21-8-7-17-10-21/h1-10,22H,(H,19,23)(H,20,24). The average molecular weight is 323 g/mol. The lowest BCUT2D eigenvalue weighted by atomic mass is 10.2. The fourth-order valence-electron chi connectivity index (χ4n) is 1.99. The number of phenolic OH excluding ortho intramolecular Hbond substituents is 1.